The lowest BCUT2D eigenvalue weighted by Gasteiger charge is -2.29. The molecule has 1 amide bonds. The Hall–Kier alpha value is -1.88. The summed E-state index contributed by atoms with van der Waals surface area (Å²) in [6, 6.07) is 9.63. The number of benzene rings is 1. The van der Waals surface area contributed by atoms with Gasteiger partial charge in [0.25, 0.3) is 5.91 Å². The number of amides is 1. The Kier molecular flexibility index (Phi) is 3.60. The van der Waals surface area contributed by atoms with Crippen LogP contribution in [0.5, 0.6) is 0 Å². The molecule has 2 aliphatic heterocycles. The summed E-state index contributed by atoms with van der Waals surface area (Å²) in [6.07, 6.45) is 4.54. The minimum Gasteiger partial charge on any atom is -0.348 e. The first kappa shape index (κ1) is 14.7. The van der Waals surface area contributed by atoms with E-state index < -0.39 is 0 Å². The first-order valence-electron chi connectivity index (χ1n) is 8.66. The quantitative estimate of drug-likeness (QED) is 0.916. The number of piperidine rings is 1. The standard InChI is InChI=1S/C18H24N4O/c1-11(2)22-16-6-4-3-5-15(16)17(21-22)18(23)20-14-9-12-7-8-13(10-14)19-12/h3-6,11-14,19H,7-10H2,1-2H3,(H,20,23)/t12-,13+,14?. The summed E-state index contributed by atoms with van der Waals surface area (Å²) in [5, 5.41) is 12.4. The van der Waals surface area contributed by atoms with Crippen LogP contribution in [0.25, 0.3) is 10.9 Å². The van der Waals surface area contributed by atoms with Gasteiger partial charge in [0, 0.05) is 29.6 Å². The van der Waals surface area contributed by atoms with Gasteiger partial charge in [-0.3, -0.25) is 9.48 Å². The molecule has 1 aromatic carbocycles. The summed E-state index contributed by atoms with van der Waals surface area (Å²) in [7, 11) is 0. The lowest BCUT2D eigenvalue weighted by molar-refractivity contribution is 0.0919. The number of nitrogens with zero attached hydrogens (tertiary/aromatic N) is 2. The second-order valence-corrected chi connectivity index (χ2v) is 7.18. The lowest BCUT2D eigenvalue weighted by atomic mass is 9.99. The van der Waals surface area contributed by atoms with E-state index in [0.717, 1.165) is 23.7 Å². The van der Waals surface area contributed by atoms with Crippen molar-refractivity contribution in [3.8, 4) is 0 Å². The van der Waals surface area contributed by atoms with Crippen LogP contribution in [-0.2, 0) is 0 Å². The van der Waals surface area contributed by atoms with Crippen molar-refractivity contribution in [2.75, 3.05) is 0 Å². The summed E-state index contributed by atoms with van der Waals surface area (Å²) in [5.74, 6) is -0.0353. The van der Waals surface area contributed by atoms with Crippen molar-refractivity contribution in [2.24, 2.45) is 0 Å². The largest absolute Gasteiger partial charge is 0.348 e. The van der Waals surface area contributed by atoms with E-state index in [0.29, 0.717) is 17.8 Å². The normalized spacial score (nSPS) is 26.8. The van der Waals surface area contributed by atoms with Gasteiger partial charge >= 0.3 is 0 Å². The number of aromatic nitrogens is 2. The monoisotopic (exact) mass is 312 g/mol. The van der Waals surface area contributed by atoms with E-state index in [4.69, 9.17) is 0 Å². The molecule has 23 heavy (non-hydrogen) atoms. The van der Waals surface area contributed by atoms with E-state index in [1.165, 1.54) is 12.8 Å². The number of rotatable bonds is 3. The molecular formula is C18H24N4O. The zero-order valence-electron chi connectivity index (χ0n) is 13.7. The van der Waals surface area contributed by atoms with Gasteiger partial charge in [-0.1, -0.05) is 18.2 Å². The van der Waals surface area contributed by atoms with Crippen molar-refractivity contribution in [3.63, 3.8) is 0 Å². The number of nitrogens with one attached hydrogen (secondary N) is 2. The smallest absolute Gasteiger partial charge is 0.272 e. The van der Waals surface area contributed by atoms with Gasteiger partial charge < -0.3 is 10.6 Å². The Labute approximate surface area is 136 Å². The SMILES string of the molecule is CC(C)n1nc(C(=O)NC2C[C@H]3CC[C@@H](C2)N3)c2ccccc21. The highest BCUT2D eigenvalue weighted by Crippen LogP contribution is 2.27. The van der Waals surface area contributed by atoms with Gasteiger partial charge in [0.05, 0.1) is 5.52 Å². The van der Waals surface area contributed by atoms with Crippen molar-refractivity contribution in [1.29, 1.82) is 0 Å². The molecule has 3 atom stereocenters. The Balaban J connectivity index is 1.60. The van der Waals surface area contributed by atoms with E-state index in [9.17, 15) is 4.79 Å². The fourth-order valence-electron chi connectivity index (χ4n) is 4.08. The maximum absolute atomic E-state index is 12.8. The Morgan fingerprint density at radius 3 is 2.65 bits per heavy atom. The van der Waals surface area contributed by atoms with Gasteiger partial charge in [-0.25, -0.2) is 0 Å². The van der Waals surface area contributed by atoms with Crippen LogP contribution in [-0.4, -0.2) is 33.8 Å². The fraction of sp³-hybridized carbons (Fsp3) is 0.556. The maximum atomic E-state index is 12.8. The molecule has 5 heteroatoms. The predicted octanol–water partition coefficient (Wildman–Crippen LogP) is 2.63. The van der Waals surface area contributed by atoms with Crippen LogP contribution in [0.2, 0.25) is 0 Å². The summed E-state index contributed by atoms with van der Waals surface area (Å²) >= 11 is 0. The molecule has 122 valence electrons. The molecule has 0 aliphatic carbocycles. The fourth-order valence-corrected chi connectivity index (χ4v) is 4.08. The van der Waals surface area contributed by atoms with E-state index in [1.807, 2.05) is 28.9 Å². The van der Waals surface area contributed by atoms with Crippen molar-refractivity contribution in [3.05, 3.63) is 30.0 Å². The van der Waals surface area contributed by atoms with Gasteiger partial charge in [0.15, 0.2) is 5.69 Å². The van der Waals surface area contributed by atoms with Gasteiger partial charge in [-0.15, -0.1) is 0 Å². The first-order valence-corrected chi connectivity index (χ1v) is 8.66. The first-order chi connectivity index (χ1) is 11.1. The van der Waals surface area contributed by atoms with Crippen LogP contribution >= 0.6 is 0 Å². The molecule has 0 spiro atoms. The second-order valence-electron chi connectivity index (χ2n) is 7.18. The Bertz CT molecular complexity index is 724. The molecule has 1 unspecified atom stereocenters. The average molecular weight is 312 g/mol. The summed E-state index contributed by atoms with van der Waals surface area (Å²) < 4.78 is 1.94. The van der Waals surface area contributed by atoms with Crippen LogP contribution in [0.4, 0.5) is 0 Å². The molecule has 1 aromatic heterocycles. The lowest BCUT2D eigenvalue weighted by Crippen LogP contribution is -2.48. The van der Waals surface area contributed by atoms with Crippen molar-refractivity contribution >= 4 is 16.8 Å². The Morgan fingerprint density at radius 2 is 1.96 bits per heavy atom. The molecule has 2 saturated heterocycles. The zero-order valence-corrected chi connectivity index (χ0v) is 13.7. The molecule has 0 radical (unpaired) electrons. The molecule has 5 nitrogen and oxygen atoms in total. The third kappa shape index (κ3) is 2.63. The third-order valence-electron chi connectivity index (χ3n) is 5.13. The molecular weight excluding hydrogens is 288 g/mol. The van der Waals surface area contributed by atoms with Gasteiger partial charge in [-0.2, -0.15) is 5.10 Å². The van der Waals surface area contributed by atoms with Gasteiger partial charge in [-0.05, 0) is 45.6 Å². The summed E-state index contributed by atoms with van der Waals surface area (Å²) in [6.45, 7) is 4.18. The molecule has 4 rings (SSSR count). The maximum Gasteiger partial charge on any atom is 0.272 e. The van der Waals surface area contributed by atoms with Crippen molar-refractivity contribution in [2.45, 2.75) is 63.7 Å². The second kappa shape index (κ2) is 5.64. The van der Waals surface area contributed by atoms with Crippen molar-refractivity contribution in [1.82, 2.24) is 20.4 Å². The van der Waals surface area contributed by atoms with Crippen molar-refractivity contribution < 1.29 is 4.79 Å². The van der Waals surface area contributed by atoms with E-state index in [2.05, 4.69) is 29.6 Å². The number of para-hydroxylation sites is 1. The van der Waals surface area contributed by atoms with Crippen LogP contribution in [0.15, 0.2) is 24.3 Å². The van der Waals surface area contributed by atoms with Crippen LogP contribution in [0, 0.1) is 0 Å². The highest BCUT2D eigenvalue weighted by molar-refractivity contribution is 6.05. The van der Waals surface area contributed by atoms with Gasteiger partial charge in [0.2, 0.25) is 0 Å². The molecule has 3 heterocycles. The third-order valence-corrected chi connectivity index (χ3v) is 5.13. The van der Waals surface area contributed by atoms with Crippen LogP contribution < -0.4 is 10.6 Å². The topological polar surface area (TPSA) is 59.0 Å². The molecule has 2 N–H and O–H groups in total. The number of hydrogen-bond donors (Lipinski definition) is 2. The predicted molar refractivity (Wildman–Crippen MR) is 90.6 cm³/mol. The van der Waals surface area contributed by atoms with E-state index in [1.54, 1.807) is 0 Å². The minimum atomic E-state index is -0.0353. The molecule has 0 saturated carbocycles. The number of hydrogen-bond acceptors (Lipinski definition) is 3. The summed E-state index contributed by atoms with van der Waals surface area (Å²) in [5.41, 5.74) is 1.58. The van der Waals surface area contributed by atoms with Gasteiger partial charge in [0.1, 0.15) is 0 Å². The zero-order chi connectivity index (χ0) is 16.0. The molecule has 2 aliphatic rings. The van der Waals surface area contributed by atoms with E-state index in [-0.39, 0.29) is 18.0 Å². The van der Waals surface area contributed by atoms with E-state index >= 15 is 0 Å². The highest BCUT2D eigenvalue weighted by atomic mass is 16.2. The molecule has 2 fully saturated rings. The van der Waals surface area contributed by atoms with Crippen LogP contribution in [0.1, 0.15) is 56.1 Å². The number of fused-ring (bicyclic) bond motifs is 3. The number of carbonyl (C=O) groups excluding carboxylic acids is 1. The average Bonchev–Trinajstić information content (AvgIpc) is 3.08. The molecule has 2 bridgehead atoms. The summed E-state index contributed by atoms with van der Waals surface area (Å²) in [4.78, 5) is 12.8. The Morgan fingerprint density at radius 1 is 1.26 bits per heavy atom. The minimum absolute atomic E-state index is 0.0353. The highest BCUT2D eigenvalue weighted by Gasteiger charge is 2.34. The number of carbonyl (C=O) groups is 1. The molecule has 2 aromatic rings. The van der Waals surface area contributed by atoms with Crippen LogP contribution in [0.3, 0.4) is 0 Å².